The molecule has 0 aliphatic rings. The molecule has 1 rings (SSSR count). The van der Waals surface area contributed by atoms with Crippen molar-refractivity contribution >= 4 is 15.8 Å². The molecule has 0 aliphatic heterocycles. The molecule has 1 atom stereocenters. The Labute approximate surface area is 106 Å². The number of nitrogens with zero attached hydrogens (tertiary/aromatic N) is 1. The van der Waals surface area contributed by atoms with Crippen LogP contribution in [0.1, 0.15) is 22.8 Å². The number of carbonyl (C=O) groups excluding carboxylic acids is 1. The predicted octanol–water partition coefficient (Wildman–Crippen LogP) is 1.30. The van der Waals surface area contributed by atoms with Crippen LogP contribution in [0.4, 0.5) is 0 Å². The van der Waals surface area contributed by atoms with Gasteiger partial charge in [-0.25, -0.2) is 13.2 Å². The molecule has 0 saturated carbocycles. The van der Waals surface area contributed by atoms with Gasteiger partial charge in [-0.15, -0.1) is 0 Å². The van der Waals surface area contributed by atoms with E-state index >= 15 is 0 Å². The normalized spacial score (nSPS) is 12.5. The highest BCUT2D eigenvalue weighted by Gasteiger charge is 2.11. The van der Waals surface area contributed by atoms with E-state index in [2.05, 4.69) is 0 Å². The Bertz CT molecular complexity index is 569. The van der Waals surface area contributed by atoms with Crippen LogP contribution in [0.2, 0.25) is 0 Å². The zero-order valence-corrected chi connectivity index (χ0v) is 10.9. The Morgan fingerprint density at radius 3 is 2.39 bits per heavy atom. The van der Waals surface area contributed by atoms with Gasteiger partial charge in [0, 0.05) is 6.26 Å². The third-order valence-electron chi connectivity index (χ3n) is 2.08. The Morgan fingerprint density at radius 1 is 1.39 bits per heavy atom. The average Bonchev–Trinajstić information content (AvgIpc) is 2.27. The van der Waals surface area contributed by atoms with Crippen LogP contribution in [-0.2, 0) is 20.3 Å². The molecule has 0 aromatic heterocycles. The van der Waals surface area contributed by atoms with Gasteiger partial charge in [0.2, 0.25) is 0 Å². The van der Waals surface area contributed by atoms with Crippen LogP contribution in [0.15, 0.2) is 24.3 Å². The molecule has 0 fully saturated rings. The first-order valence-electron chi connectivity index (χ1n) is 5.19. The highest BCUT2D eigenvalue weighted by molar-refractivity contribution is 7.89. The van der Waals surface area contributed by atoms with Gasteiger partial charge < -0.3 is 4.74 Å². The van der Waals surface area contributed by atoms with Crippen LogP contribution < -0.4 is 0 Å². The van der Waals surface area contributed by atoms with Crippen LogP contribution >= 0.6 is 0 Å². The first kappa shape index (κ1) is 14.2. The van der Waals surface area contributed by atoms with Crippen molar-refractivity contribution in [2.75, 3.05) is 6.26 Å². The Kier molecular flexibility index (Phi) is 4.45. The first-order valence-corrected chi connectivity index (χ1v) is 7.25. The standard InChI is InChI=1S/C12H13NO4S/c1-9(7-13)17-12(14)11-5-3-10(4-6-11)8-18(2,15)16/h3-6,9H,8H2,1-2H3/t9-/m0/s1. The molecule has 0 unspecified atom stereocenters. The lowest BCUT2D eigenvalue weighted by Gasteiger charge is -2.06. The van der Waals surface area contributed by atoms with E-state index in [0.29, 0.717) is 5.56 Å². The summed E-state index contributed by atoms with van der Waals surface area (Å²) in [6.45, 7) is 1.47. The van der Waals surface area contributed by atoms with Gasteiger partial charge >= 0.3 is 5.97 Å². The molecule has 0 amide bonds. The molecular weight excluding hydrogens is 254 g/mol. The molecule has 96 valence electrons. The summed E-state index contributed by atoms with van der Waals surface area (Å²) in [5.74, 6) is -0.674. The lowest BCUT2D eigenvalue weighted by atomic mass is 10.1. The van der Waals surface area contributed by atoms with Crippen LogP contribution in [0.25, 0.3) is 0 Å². The van der Waals surface area contributed by atoms with Gasteiger partial charge in [-0.05, 0) is 24.6 Å². The van der Waals surface area contributed by atoms with Crippen molar-refractivity contribution in [3.05, 3.63) is 35.4 Å². The number of ether oxygens (including phenoxy) is 1. The molecule has 0 bridgehead atoms. The average molecular weight is 267 g/mol. The number of carbonyl (C=O) groups is 1. The Morgan fingerprint density at radius 2 is 1.94 bits per heavy atom. The minimum absolute atomic E-state index is 0.0725. The Balaban J connectivity index is 2.78. The largest absolute Gasteiger partial charge is 0.444 e. The monoisotopic (exact) mass is 267 g/mol. The second-order valence-corrected chi connectivity index (χ2v) is 6.08. The van der Waals surface area contributed by atoms with Crippen molar-refractivity contribution in [3.63, 3.8) is 0 Å². The van der Waals surface area contributed by atoms with Gasteiger partial charge in [0.1, 0.15) is 6.07 Å². The maximum Gasteiger partial charge on any atom is 0.339 e. The van der Waals surface area contributed by atoms with Crippen molar-refractivity contribution in [1.82, 2.24) is 0 Å². The number of hydrogen-bond donors (Lipinski definition) is 0. The highest BCUT2D eigenvalue weighted by atomic mass is 32.2. The van der Waals surface area contributed by atoms with Gasteiger partial charge in [-0.3, -0.25) is 0 Å². The van der Waals surface area contributed by atoms with Gasteiger partial charge in [-0.1, -0.05) is 12.1 Å². The van der Waals surface area contributed by atoms with Gasteiger partial charge in [0.05, 0.1) is 11.3 Å². The van der Waals surface area contributed by atoms with Gasteiger partial charge in [0.25, 0.3) is 0 Å². The third-order valence-corrected chi connectivity index (χ3v) is 2.94. The molecule has 0 saturated heterocycles. The van der Waals surface area contributed by atoms with Crippen molar-refractivity contribution in [3.8, 4) is 6.07 Å². The third kappa shape index (κ3) is 4.55. The first-order chi connectivity index (χ1) is 8.31. The van der Waals surface area contributed by atoms with Gasteiger partial charge in [0.15, 0.2) is 15.9 Å². The number of benzene rings is 1. The highest BCUT2D eigenvalue weighted by Crippen LogP contribution is 2.09. The summed E-state index contributed by atoms with van der Waals surface area (Å²) < 4.78 is 27.0. The molecule has 0 spiro atoms. The number of nitriles is 1. The second kappa shape index (κ2) is 5.65. The fourth-order valence-corrected chi connectivity index (χ4v) is 2.09. The van der Waals surface area contributed by atoms with E-state index in [-0.39, 0.29) is 11.3 Å². The van der Waals surface area contributed by atoms with E-state index in [1.807, 2.05) is 0 Å². The van der Waals surface area contributed by atoms with E-state index in [1.165, 1.54) is 19.1 Å². The van der Waals surface area contributed by atoms with Crippen molar-refractivity contribution in [2.45, 2.75) is 18.8 Å². The molecule has 1 aromatic rings. The number of esters is 1. The van der Waals surface area contributed by atoms with E-state index in [0.717, 1.165) is 6.26 Å². The lowest BCUT2D eigenvalue weighted by molar-refractivity contribution is 0.0435. The summed E-state index contributed by atoms with van der Waals surface area (Å²) in [6.07, 6.45) is 0.331. The second-order valence-electron chi connectivity index (χ2n) is 3.94. The SMILES string of the molecule is C[C@@H](C#N)OC(=O)c1ccc(CS(C)(=O)=O)cc1. The maximum absolute atomic E-state index is 11.5. The molecule has 0 heterocycles. The van der Waals surface area contributed by atoms with E-state index in [9.17, 15) is 13.2 Å². The molecular formula is C12H13NO4S. The lowest BCUT2D eigenvalue weighted by Crippen LogP contribution is -2.13. The quantitative estimate of drug-likeness (QED) is 0.768. The van der Waals surface area contributed by atoms with E-state index < -0.39 is 21.9 Å². The zero-order chi connectivity index (χ0) is 13.8. The predicted molar refractivity (Wildman–Crippen MR) is 65.5 cm³/mol. The summed E-state index contributed by atoms with van der Waals surface area (Å²) in [5, 5.41) is 8.51. The van der Waals surface area contributed by atoms with Crippen LogP contribution in [0, 0.1) is 11.3 Å². The van der Waals surface area contributed by atoms with E-state index in [4.69, 9.17) is 10.00 Å². The van der Waals surface area contributed by atoms with Crippen LogP contribution in [-0.4, -0.2) is 26.7 Å². The fourth-order valence-electron chi connectivity index (χ4n) is 1.29. The molecule has 0 N–H and O–H groups in total. The smallest absolute Gasteiger partial charge is 0.339 e. The number of hydrogen-bond acceptors (Lipinski definition) is 5. The van der Waals surface area contributed by atoms with Crippen molar-refractivity contribution in [2.24, 2.45) is 0 Å². The molecule has 5 nitrogen and oxygen atoms in total. The number of sulfone groups is 1. The molecule has 0 radical (unpaired) electrons. The van der Waals surface area contributed by atoms with Crippen LogP contribution in [0.5, 0.6) is 0 Å². The van der Waals surface area contributed by atoms with E-state index in [1.54, 1.807) is 18.2 Å². The topological polar surface area (TPSA) is 84.2 Å². The fraction of sp³-hybridized carbons (Fsp3) is 0.333. The van der Waals surface area contributed by atoms with Crippen molar-refractivity contribution in [1.29, 1.82) is 5.26 Å². The molecule has 18 heavy (non-hydrogen) atoms. The minimum atomic E-state index is -3.09. The Hall–Kier alpha value is -1.87. The summed E-state index contributed by atoms with van der Waals surface area (Å²) >= 11 is 0. The summed E-state index contributed by atoms with van der Waals surface area (Å²) in [4.78, 5) is 11.5. The molecule has 1 aromatic carbocycles. The van der Waals surface area contributed by atoms with Crippen molar-refractivity contribution < 1.29 is 17.9 Å². The van der Waals surface area contributed by atoms with Gasteiger partial charge in [-0.2, -0.15) is 5.26 Å². The zero-order valence-electron chi connectivity index (χ0n) is 10.1. The maximum atomic E-state index is 11.5. The number of rotatable bonds is 4. The molecule has 0 aliphatic carbocycles. The van der Waals surface area contributed by atoms with Crippen LogP contribution in [0.3, 0.4) is 0 Å². The minimum Gasteiger partial charge on any atom is -0.444 e. The molecule has 6 heteroatoms. The summed E-state index contributed by atoms with van der Waals surface area (Å²) in [7, 11) is -3.09. The summed E-state index contributed by atoms with van der Waals surface area (Å²) in [6, 6.07) is 7.84. The summed E-state index contributed by atoms with van der Waals surface area (Å²) in [5.41, 5.74) is 0.886.